The number of hydrogen-bond donors (Lipinski definition) is 1. The highest BCUT2D eigenvalue weighted by molar-refractivity contribution is 5.85. The molecule has 3 rings (SSSR count). The standard InChI is InChI=1S/C21H23F5N2O/c22-20(23,10-14-6-7-14)11-16(17(29)12-19(13-27)8-9-19)28-18(21(24,25)26)15-4-2-1-3-5-15/h1-5,14,16,18,28H,6-12H2/t16-,18-/m0/s1. The van der Waals surface area contributed by atoms with Crippen LogP contribution in [0.3, 0.4) is 0 Å². The molecule has 0 saturated heterocycles. The number of Topliss-reactive ketones (excluding diaryl/α,β-unsaturated/α-hetero) is 1. The third-order valence-corrected chi connectivity index (χ3v) is 5.61. The minimum absolute atomic E-state index is 0.137. The Hall–Kier alpha value is -2.01. The van der Waals surface area contributed by atoms with Crippen LogP contribution in [0.15, 0.2) is 30.3 Å². The zero-order valence-electron chi connectivity index (χ0n) is 15.8. The number of benzene rings is 1. The molecule has 0 aromatic heterocycles. The molecule has 0 bridgehead atoms. The van der Waals surface area contributed by atoms with Gasteiger partial charge in [0.25, 0.3) is 0 Å². The molecule has 2 saturated carbocycles. The summed E-state index contributed by atoms with van der Waals surface area (Å²) in [5, 5.41) is 11.4. The summed E-state index contributed by atoms with van der Waals surface area (Å²) in [6.07, 6.45) is -4.22. The van der Waals surface area contributed by atoms with Crippen LogP contribution in [0.4, 0.5) is 22.0 Å². The number of carbonyl (C=O) groups is 1. The molecule has 0 spiro atoms. The van der Waals surface area contributed by atoms with Crippen LogP contribution in [0.2, 0.25) is 0 Å². The number of alkyl halides is 5. The molecule has 2 fully saturated rings. The number of nitrogens with zero attached hydrogens (tertiary/aromatic N) is 1. The van der Waals surface area contributed by atoms with Gasteiger partial charge in [-0.3, -0.25) is 10.1 Å². The fourth-order valence-corrected chi connectivity index (χ4v) is 3.55. The van der Waals surface area contributed by atoms with E-state index in [9.17, 15) is 32.0 Å². The number of rotatable bonds is 10. The lowest BCUT2D eigenvalue weighted by Crippen LogP contribution is -2.47. The van der Waals surface area contributed by atoms with E-state index in [4.69, 9.17) is 0 Å². The summed E-state index contributed by atoms with van der Waals surface area (Å²) in [5.74, 6) is -4.14. The predicted molar refractivity (Wildman–Crippen MR) is 96.0 cm³/mol. The normalized spacial score (nSPS) is 20.6. The average Bonchev–Trinajstić information content (AvgIpc) is 3.56. The van der Waals surface area contributed by atoms with Crippen LogP contribution in [-0.2, 0) is 4.79 Å². The van der Waals surface area contributed by atoms with Crippen molar-refractivity contribution in [2.75, 3.05) is 0 Å². The van der Waals surface area contributed by atoms with Crippen molar-refractivity contribution in [3.63, 3.8) is 0 Å². The molecular formula is C21H23F5N2O. The van der Waals surface area contributed by atoms with E-state index in [1.165, 1.54) is 24.3 Å². The quantitative estimate of drug-likeness (QED) is 0.526. The summed E-state index contributed by atoms with van der Waals surface area (Å²) in [6.45, 7) is 0. The molecule has 0 radical (unpaired) electrons. The van der Waals surface area contributed by atoms with Gasteiger partial charge in [-0.1, -0.05) is 30.3 Å². The fourth-order valence-electron chi connectivity index (χ4n) is 3.55. The molecule has 2 aliphatic carbocycles. The smallest absolute Gasteiger partial charge is 0.298 e. The second-order valence-electron chi connectivity index (χ2n) is 8.35. The van der Waals surface area contributed by atoms with E-state index in [0.29, 0.717) is 25.7 Å². The largest absolute Gasteiger partial charge is 0.407 e. The lowest BCUT2D eigenvalue weighted by Gasteiger charge is -2.30. The van der Waals surface area contributed by atoms with Gasteiger partial charge in [0.15, 0.2) is 5.78 Å². The molecule has 2 atom stereocenters. The Balaban J connectivity index is 1.82. The lowest BCUT2D eigenvalue weighted by atomic mass is 9.91. The average molecular weight is 414 g/mol. The van der Waals surface area contributed by atoms with Gasteiger partial charge in [0.2, 0.25) is 5.92 Å². The number of carbonyl (C=O) groups excluding carboxylic acids is 1. The van der Waals surface area contributed by atoms with Crippen molar-refractivity contribution in [2.24, 2.45) is 11.3 Å². The Morgan fingerprint density at radius 2 is 1.79 bits per heavy atom. The topological polar surface area (TPSA) is 52.9 Å². The second kappa shape index (κ2) is 8.02. The number of halogens is 5. The van der Waals surface area contributed by atoms with E-state index in [1.54, 1.807) is 6.07 Å². The van der Waals surface area contributed by atoms with Crippen LogP contribution in [-0.4, -0.2) is 23.9 Å². The summed E-state index contributed by atoms with van der Waals surface area (Å²) < 4.78 is 70.0. The molecule has 0 heterocycles. The van der Waals surface area contributed by atoms with Gasteiger partial charge < -0.3 is 0 Å². The van der Waals surface area contributed by atoms with Gasteiger partial charge in [0.1, 0.15) is 6.04 Å². The molecule has 8 heteroatoms. The predicted octanol–water partition coefficient (Wildman–Crippen LogP) is 5.34. The molecule has 29 heavy (non-hydrogen) atoms. The maximum Gasteiger partial charge on any atom is 0.407 e. The van der Waals surface area contributed by atoms with Crippen LogP contribution in [0, 0.1) is 22.7 Å². The molecule has 1 aromatic carbocycles. The number of nitrogens with one attached hydrogen (secondary N) is 1. The van der Waals surface area contributed by atoms with Crippen LogP contribution in [0.25, 0.3) is 0 Å². The van der Waals surface area contributed by atoms with Gasteiger partial charge in [0, 0.05) is 19.3 Å². The first-order chi connectivity index (χ1) is 13.5. The Morgan fingerprint density at radius 3 is 2.28 bits per heavy atom. The van der Waals surface area contributed by atoms with E-state index >= 15 is 0 Å². The van der Waals surface area contributed by atoms with Crippen LogP contribution < -0.4 is 5.32 Å². The molecule has 2 aliphatic rings. The van der Waals surface area contributed by atoms with Gasteiger partial charge >= 0.3 is 6.18 Å². The molecule has 0 amide bonds. The van der Waals surface area contributed by atoms with Gasteiger partial charge in [0.05, 0.1) is 17.5 Å². The summed E-state index contributed by atoms with van der Waals surface area (Å²) >= 11 is 0. The lowest BCUT2D eigenvalue weighted by molar-refractivity contribution is -0.163. The third kappa shape index (κ3) is 5.99. The molecule has 1 aromatic rings. The van der Waals surface area contributed by atoms with Gasteiger partial charge in [-0.2, -0.15) is 18.4 Å². The highest BCUT2D eigenvalue weighted by Crippen LogP contribution is 2.49. The number of ketones is 1. The van der Waals surface area contributed by atoms with Crippen molar-refractivity contribution >= 4 is 5.78 Å². The van der Waals surface area contributed by atoms with E-state index < -0.39 is 48.2 Å². The summed E-state index contributed by atoms with van der Waals surface area (Å²) in [6, 6.07) is 4.95. The van der Waals surface area contributed by atoms with Gasteiger partial charge in [-0.15, -0.1) is 0 Å². The third-order valence-electron chi connectivity index (χ3n) is 5.61. The number of nitriles is 1. The summed E-state index contributed by atoms with van der Waals surface area (Å²) in [5.41, 5.74) is -1.06. The van der Waals surface area contributed by atoms with Crippen molar-refractivity contribution in [3.8, 4) is 6.07 Å². The summed E-state index contributed by atoms with van der Waals surface area (Å²) in [4.78, 5) is 12.7. The molecule has 0 aliphatic heterocycles. The fraction of sp³-hybridized carbons (Fsp3) is 0.619. The minimum atomic E-state index is -4.77. The van der Waals surface area contributed by atoms with Gasteiger partial charge in [-0.05, 0) is 37.2 Å². The van der Waals surface area contributed by atoms with E-state index in [1.807, 2.05) is 6.07 Å². The molecule has 0 unspecified atom stereocenters. The minimum Gasteiger partial charge on any atom is -0.298 e. The van der Waals surface area contributed by atoms with Crippen LogP contribution in [0.5, 0.6) is 0 Å². The van der Waals surface area contributed by atoms with E-state index in [2.05, 4.69) is 5.32 Å². The van der Waals surface area contributed by atoms with Crippen molar-refractivity contribution < 1.29 is 26.7 Å². The zero-order valence-corrected chi connectivity index (χ0v) is 15.8. The van der Waals surface area contributed by atoms with Gasteiger partial charge in [-0.25, -0.2) is 8.78 Å². The van der Waals surface area contributed by atoms with Crippen molar-refractivity contribution in [1.82, 2.24) is 5.32 Å². The Bertz CT molecular complexity index is 764. The Kier molecular flexibility index (Phi) is 6.00. The van der Waals surface area contributed by atoms with Crippen molar-refractivity contribution in [1.29, 1.82) is 5.26 Å². The summed E-state index contributed by atoms with van der Waals surface area (Å²) in [7, 11) is 0. The maximum atomic E-state index is 14.5. The van der Waals surface area contributed by atoms with Crippen molar-refractivity contribution in [2.45, 2.75) is 69.1 Å². The molecule has 158 valence electrons. The highest BCUT2D eigenvalue weighted by atomic mass is 19.4. The first kappa shape index (κ1) is 21.7. The van der Waals surface area contributed by atoms with Crippen LogP contribution in [0.1, 0.15) is 56.6 Å². The Labute approximate surface area is 166 Å². The molecular weight excluding hydrogens is 391 g/mol. The van der Waals surface area contributed by atoms with E-state index in [-0.39, 0.29) is 17.9 Å². The van der Waals surface area contributed by atoms with E-state index in [0.717, 1.165) is 0 Å². The highest BCUT2D eigenvalue weighted by Gasteiger charge is 2.50. The Morgan fingerprint density at radius 1 is 1.17 bits per heavy atom. The maximum absolute atomic E-state index is 14.5. The zero-order chi connectivity index (χ0) is 21.3. The first-order valence-corrected chi connectivity index (χ1v) is 9.73. The number of hydrogen-bond acceptors (Lipinski definition) is 3. The molecule has 1 N–H and O–H groups in total. The molecule has 3 nitrogen and oxygen atoms in total. The monoisotopic (exact) mass is 414 g/mol. The first-order valence-electron chi connectivity index (χ1n) is 9.73. The van der Waals surface area contributed by atoms with Crippen LogP contribution >= 0.6 is 0 Å². The second-order valence-corrected chi connectivity index (χ2v) is 8.35. The van der Waals surface area contributed by atoms with Crippen molar-refractivity contribution in [3.05, 3.63) is 35.9 Å². The SMILES string of the molecule is N#CC1(CC(=O)[C@H](CC(F)(F)CC2CC2)N[C@@H](c2ccccc2)C(F)(F)F)CC1.